The lowest BCUT2D eigenvalue weighted by atomic mass is 10.1. The molecule has 0 spiro atoms. The molecule has 3 N–H and O–H groups in total. The van der Waals surface area contributed by atoms with Crippen molar-refractivity contribution in [2.75, 3.05) is 30.7 Å². The Kier molecular flexibility index (Phi) is 9.02. The molecular formula is C21H29Cl2N7. The van der Waals surface area contributed by atoms with Gasteiger partial charge < -0.3 is 16.0 Å². The zero-order valence-electron chi connectivity index (χ0n) is 17.6. The number of fused-ring (bicyclic) bond motifs is 1. The van der Waals surface area contributed by atoms with Crippen molar-refractivity contribution in [1.29, 1.82) is 0 Å². The number of hydrogen-bond donors (Lipinski definition) is 2. The number of halogens is 2. The fourth-order valence-corrected chi connectivity index (χ4v) is 3.38. The third kappa shape index (κ3) is 6.14. The molecule has 0 fully saturated rings. The van der Waals surface area contributed by atoms with Gasteiger partial charge in [0.05, 0.1) is 11.9 Å². The van der Waals surface area contributed by atoms with Gasteiger partial charge >= 0.3 is 0 Å². The van der Waals surface area contributed by atoms with Crippen LogP contribution in [0.4, 0.5) is 11.8 Å². The van der Waals surface area contributed by atoms with Crippen molar-refractivity contribution in [1.82, 2.24) is 24.8 Å². The summed E-state index contributed by atoms with van der Waals surface area (Å²) in [6.07, 6.45) is 3.86. The summed E-state index contributed by atoms with van der Waals surface area (Å²) in [6, 6.07) is 7.69. The van der Waals surface area contributed by atoms with Gasteiger partial charge in [-0.2, -0.15) is 9.97 Å². The molecule has 0 bridgehead atoms. The van der Waals surface area contributed by atoms with Gasteiger partial charge in [0, 0.05) is 16.6 Å². The fourth-order valence-electron chi connectivity index (χ4n) is 3.25. The van der Waals surface area contributed by atoms with E-state index in [1.807, 2.05) is 24.3 Å². The number of nitrogens with zero attached hydrogens (tertiary/aromatic N) is 5. The predicted molar refractivity (Wildman–Crippen MR) is 127 cm³/mol. The molecule has 0 radical (unpaired) electrons. The van der Waals surface area contributed by atoms with Crippen molar-refractivity contribution < 1.29 is 0 Å². The maximum atomic E-state index is 5.97. The summed E-state index contributed by atoms with van der Waals surface area (Å²) >= 11 is 5.97. The Morgan fingerprint density at radius 1 is 1.10 bits per heavy atom. The van der Waals surface area contributed by atoms with Crippen molar-refractivity contribution in [3.63, 3.8) is 0 Å². The molecule has 3 rings (SSSR count). The first-order valence-electron chi connectivity index (χ1n) is 10.0. The second kappa shape index (κ2) is 11.2. The number of nitrogen functional groups attached to an aromatic ring is 1. The SMILES string of the molecule is CCN(CC)CCCC(C)Nc1nc(N)nc2nc(-c3ccc(Cl)cc3)cnc12.Cl. The molecule has 2 aromatic heterocycles. The summed E-state index contributed by atoms with van der Waals surface area (Å²) in [5, 5.41) is 4.11. The number of hydrogen-bond acceptors (Lipinski definition) is 7. The first kappa shape index (κ1) is 24.1. The van der Waals surface area contributed by atoms with E-state index in [4.69, 9.17) is 17.3 Å². The third-order valence-electron chi connectivity index (χ3n) is 4.95. The minimum absolute atomic E-state index is 0. The van der Waals surface area contributed by atoms with Crippen LogP contribution in [-0.4, -0.2) is 50.5 Å². The Morgan fingerprint density at radius 2 is 1.80 bits per heavy atom. The molecule has 0 amide bonds. The van der Waals surface area contributed by atoms with Crippen LogP contribution in [0, 0.1) is 0 Å². The van der Waals surface area contributed by atoms with Crippen LogP contribution in [0.3, 0.4) is 0 Å². The first-order chi connectivity index (χ1) is 14.0. The van der Waals surface area contributed by atoms with Crippen molar-refractivity contribution >= 4 is 46.9 Å². The average molecular weight is 450 g/mol. The largest absolute Gasteiger partial charge is 0.368 e. The van der Waals surface area contributed by atoms with Crippen LogP contribution in [0.15, 0.2) is 30.5 Å². The Labute approximate surface area is 188 Å². The molecule has 0 aliphatic rings. The summed E-state index contributed by atoms with van der Waals surface area (Å²) in [4.78, 5) is 20.2. The number of rotatable bonds is 9. The molecule has 30 heavy (non-hydrogen) atoms. The summed E-state index contributed by atoms with van der Waals surface area (Å²) in [5.41, 5.74) is 8.65. The average Bonchev–Trinajstić information content (AvgIpc) is 2.71. The van der Waals surface area contributed by atoms with Crippen LogP contribution in [0.1, 0.15) is 33.6 Å². The Bertz CT molecular complexity index is 946. The number of benzene rings is 1. The Balaban J connectivity index is 0.00000320. The van der Waals surface area contributed by atoms with Crippen molar-refractivity contribution in [2.24, 2.45) is 0 Å². The molecule has 1 unspecified atom stereocenters. The van der Waals surface area contributed by atoms with Gasteiger partial charge in [0.25, 0.3) is 0 Å². The van der Waals surface area contributed by atoms with E-state index in [0.29, 0.717) is 27.7 Å². The predicted octanol–water partition coefficient (Wildman–Crippen LogP) is 4.67. The topological polar surface area (TPSA) is 92.8 Å². The molecule has 7 nitrogen and oxygen atoms in total. The molecule has 162 valence electrons. The van der Waals surface area contributed by atoms with Crippen LogP contribution < -0.4 is 11.1 Å². The zero-order chi connectivity index (χ0) is 20.8. The van der Waals surface area contributed by atoms with Crippen LogP contribution in [0.5, 0.6) is 0 Å². The van der Waals surface area contributed by atoms with E-state index in [0.717, 1.165) is 38.0 Å². The van der Waals surface area contributed by atoms with E-state index in [2.05, 4.69) is 50.9 Å². The van der Waals surface area contributed by atoms with Crippen molar-refractivity contribution in [2.45, 2.75) is 39.7 Å². The normalized spacial score (nSPS) is 12.0. The number of nitrogens with one attached hydrogen (secondary N) is 1. The van der Waals surface area contributed by atoms with E-state index < -0.39 is 0 Å². The van der Waals surface area contributed by atoms with E-state index in [1.165, 1.54) is 0 Å². The molecule has 9 heteroatoms. The molecule has 1 aromatic carbocycles. The second-order valence-electron chi connectivity index (χ2n) is 7.08. The van der Waals surface area contributed by atoms with E-state index in [1.54, 1.807) is 6.20 Å². The van der Waals surface area contributed by atoms with Crippen LogP contribution in [0.2, 0.25) is 5.02 Å². The Hall–Kier alpha value is -2.22. The smallest absolute Gasteiger partial charge is 0.224 e. The molecule has 0 aliphatic heterocycles. The van der Waals surface area contributed by atoms with Gasteiger partial charge in [0.2, 0.25) is 5.95 Å². The highest BCUT2D eigenvalue weighted by atomic mass is 35.5. The van der Waals surface area contributed by atoms with E-state index >= 15 is 0 Å². The lowest BCUT2D eigenvalue weighted by molar-refractivity contribution is 0.295. The fraction of sp³-hybridized carbons (Fsp3) is 0.429. The van der Waals surface area contributed by atoms with Crippen molar-refractivity contribution in [3.05, 3.63) is 35.5 Å². The van der Waals surface area contributed by atoms with Crippen LogP contribution in [0.25, 0.3) is 22.4 Å². The lowest BCUT2D eigenvalue weighted by Gasteiger charge is -2.20. The summed E-state index contributed by atoms with van der Waals surface area (Å²) in [5.74, 6) is 0.802. The maximum absolute atomic E-state index is 5.97. The highest BCUT2D eigenvalue weighted by molar-refractivity contribution is 6.30. The number of aromatic nitrogens is 4. The second-order valence-corrected chi connectivity index (χ2v) is 7.52. The maximum Gasteiger partial charge on any atom is 0.224 e. The quantitative estimate of drug-likeness (QED) is 0.490. The number of anilines is 2. The zero-order valence-corrected chi connectivity index (χ0v) is 19.2. The summed E-state index contributed by atoms with van der Waals surface area (Å²) < 4.78 is 0. The Morgan fingerprint density at radius 3 is 2.47 bits per heavy atom. The standard InChI is InChI=1S/C21H28ClN7.ClH/c1-4-29(5-2)12-6-7-14(3)25-19-18-20(28-21(23)27-19)26-17(13-24-18)15-8-10-16(22)11-9-15;/h8-11,13-14H,4-7,12H2,1-3H3,(H3,23,25,26,27,28);1H. The highest BCUT2D eigenvalue weighted by Gasteiger charge is 2.13. The third-order valence-corrected chi connectivity index (χ3v) is 5.21. The van der Waals surface area contributed by atoms with Gasteiger partial charge in [-0.05, 0) is 51.5 Å². The number of nitrogens with two attached hydrogens (primary N) is 1. The highest BCUT2D eigenvalue weighted by Crippen LogP contribution is 2.24. The minimum atomic E-state index is 0. The molecular weight excluding hydrogens is 421 g/mol. The monoisotopic (exact) mass is 449 g/mol. The minimum Gasteiger partial charge on any atom is -0.368 e. The van der Waals surface area contributed by atoms with E-state index in [9.17, 15) is 0 Å². The molecule has 0 saturated heterocycles. The molecule has 0 aliphatic carbocycles. The lowest BCUT2D eigenvalue weighted by Crippen LogP contribution is -2.26. The molecule has 1 atom stereocenters. The molecule has 3 aromatic rings. The van der Waals surface area contributed by atoms with Crippen LogP contribution in [-0.2, 0) is 0 Å². The van der Waals surface area contributed by atoms with Gasteiger partial charge in [-0.15, -0.1) is 12.4 Å². The van der Waals surface area contributed by atoms with E-state index in [-0.39, 0.29) is 24.4 Å². The van der Waals surface area contributed by atoms with Gasteiger partial charge in [0.1, 0.15) is 0 Å². The summed E-state index contributed by atoms with van der Waals surface area (Å²) in [7, 11) is 0. The van der Waals surface area contributed by atoms with Gasteiger partial charge in [-0.25, -0.2) is 9.97 Å². The van der Waals surface area contributed by atoms with Gasteiger partial charge in [-0.3, -0.25) is 0 Å². The van der Waals surface area contributed by atoms with Crippen LogP contribution >= 0.6 is 24.0 Å². The van der Waals surface area contributed by atoms with Crippen molar-refractivity contribution in [3.8, 4) is 11.3 Å². The van der Waals surface area contributed by atoms with Gasteiger partial charge in [0.15, 0.2) is 17.0 Å². The molecule has 2 heterocycles. The first-order valence-corrected chi connectivity index (χ1v) is 10.4. The summed E-state index contributed by atoms with van der Waals surface area (Å²) in [6.45, 7) is 9.78. The van der Waals surface area contributed by atoms with Gasteiger partial charge in [-0.1, -0.05) is 37.6 Å². The molecule has 0 saturated carbocycles.